The van der Waals surface area contributed by atoms with Crippen LogP contribution in [0.1, 0.15) is 0 Å². The maximum Gasteiger partial charge on any atom is 0.374 e. The number of methoxy groups -OCH3 is 2. The molecule has 5 nitrogen and oxygen atoms in total. The third kappa shape index (κ3) is 3.39. The van der Waals surface area contributed by atoms with Crippen LogP contribution in [0.3, 0.4) is 0 Å². The zero-order valence-electron chi connectivity index (χ0n) is 11.7. The van der Waals surface area contributed by atoms with Crippen molar-refractivity contribution < 1.29 is 23.8 Å². The molecule has 0 aliphatic rings. The molecule has 2 aromatic rings. The lowest BCUT2D eigenvalue weighted by molar-refractivity contribution is -0.140. The van der Waals surface area contributed by atoms with Crippen molar-refractivity contribution in [2.24, 2.45) is 0 Å². The minimum atomic E-state index is -0.756. The van der Waals surface area contributed by atoms with Crippen molar-refractivity contribution in [1.29, 1.82) is 0 Å². The SMILES string of the molecule is COC(=O)/C=C(/Oc1cccc2ccccc12)C(=O)OC. The quantitative estimate of drug-likeness (QED) is 0.491. The van der Waals surface area contributed by atoms with Gasteiger partial charge in [-0.15, -0.1) is 0 Å². The highest BCUT2D eigenvalue weighted by atomic mass is 16.6. The van der Waals surface area contributed by atoms with E-state index in [1.54, 1.807) is 12.1 Å². The van der Waals surface area contributed by atoms with Crippen LogP contribution < -0.4 is 4.74 Å². The van der Waals surface area contributed by atoms with Crippen LogP contribution >= 0.6 is 0 Å². The molecule has 2 rings (SSSR count). The van der Waals surface area contributed by atoms with E-state index in [-0.39, 0.29) is 5.76 Å². The second kappa shape index (κ2) is 6.56. The van der Waals surface area contributed by atoms with Crippen molar-refractivity contribution >= 4 is 22.7 Å². The van der Waals surface area contributed by atoms with Crippen molar-refractivity contribution in [1.82, 2.24) is 0 Å². The van der Waals surface area contributed by atoms with Gasteiger partial charge >= 0.3 is 11.9 Å². The van der Waals surface area contributed by atoms with Crippen LogP contribution in [0.5, 0.6) is 5.75 Å². The van der Waals surface area contributed by atoms with Gasteiger partial charge in [-0.3, -0.25) is 0 Å². The Morgan fingerprint density at radius 2 is 1.67 bits per heavy atom. The number of ether oxygens (including phenoxy) is 3. The molecule has 0 aliphatic carbocycles. The van der Waals surface area contributed by atoms with Gasteiger partial charge in [-0.1, -0.05) is 36.4 Å². The number of hydrogen-bond acceptors (Lipinski definition) is 5. The highest BCUT2D eigenvalue weighted by Crippen LogP contribution is 2.26. The van der Waals surface area contributed by atoms with Crippen molar-refractivity contribution in [3.63, 3.8) is 0 Å². The lowest BCUT2D eigenvalue weighted by Gasteiger charge is -2.10. The largest absolute Gasteiger partial charge is 0.466 e. The average Bonchev–Trinajstić information content (AvgIpc) is 2.53. The Bertz CT molecular complexity index is 697. The van der Waals surface area contributed by atoms with E-state index in [9.17, 15) is 9.59 Å². The Morgan fingerprint density at radius 1 is 0.952 bits per heavy atom. The zero-order valence-corrected chi connectivity index (χ0v) is 11.7. The van der Waals surface area contributed by atoms with E-state index in [0.29, 0.717) is 5.75 Å². The molecular formula is C16H14O5. The summed E-state index contributed by atoms with van der Waals surface area (Å²) >= 11 is 0. The van der Waals surface area contributed by atoms with Crippen LogP contribution in [0.4, 0.5) is 0 Å². The molecule has 0 aliphatic heterocycles. The molecule has 0 bridgehead atoms. The third-order valence-corrected chi connectivity index (χ3v) is 2.81. The molecule has 0 amide bonds. The summed E-state index contributed by atoms with van der Waals surface area (Å²) in [4.78, 5) is 23.0. The first kappa shape index (κ1) is 14.6. The monoisotopic (exact) mass is 286 g/mol. The van der Waals surface area contributed by atoms with Crippen molar-refractivity contribution in [3.05, 3.63) is 54.3 Å². The van der Waals surface area contributed by atoms with Crippen LogP contribution in [-0.4, -0.2) is 26.2 Å². The molecule has 0 atom stereocenters. The van der Waals surface area contributed by atoms with Gasteiger partial charge in [0.2, 0.25) is 5.76 Å². The summed E-state index contributed by atoms with van der Waals surface area (Å²) in [6.07, 6.45) is 0.952. The van der Waals surface area contributed by atoms with Crippen LogP contribution in [-0.2, 0) is 19.1 Å². The molecule has 0 aromatic heterocycles. The standard InChI is InChI=1S/C16H14O5/c1-19-15(17)10-14(16(18)20-2)21-13-9-5-7-11-6-3-4-8-12(11)13/h3-10H,1-2H3/b14-10+. The van der Waals surface area contributed by atoms with Crippen LogP contribution in [0, 0.1) is 0 Å². The van der Waals surface area contributed by atoms with E-state index in [1.807, 2.05) is 30.3 Å². The lowest BCUT2D eigenvalue weighted by atomic mass is 10.1. The number of rotatable bonds is 4. The normalized spacial score (nSPS) is 11.0. The Kier molecular flexibility index (Phi) is 4.56. The number of fused-ring (bicyclic) bond motifs is 1. The summed E-state index contributed by atoms with van der Waals surface area (Å²) in [6, 6.07) is 13.0. The molecule has 0 fully saturated rings. The van der Waals surface area contributed by atoms with Gasteiger partial charge in [0.15, 0.2) is 0 Å². The number of carbonyl (C=O) groups excluding carboxylic acids is 2. The number of hydrogen-bond donors (Lipinski definition) is 0. The molecular weight excluding hydrogens is 272 g/mol. The van der Waals surface area contributed by atoms with Gasteiger partial charge in [0, 0.05) is 5.39 Å². The topological polar surface area (TPSA) is 61.8 Å². The second-order valence-corrected chi connectivity index (χ2v) is 4.10. The fraction of sp³-hybridized carbons (Fsp3) is 0.125. The van der Waals surface area contributed by atoms with Gasteiger partial charge < -0.3 is 14.2 Å². The number of benzene rings is 2. The summed E-state index contributed by atoms with van der Waals surface area (Å²) < 4.78 is 14.6. The summed E-state index contributed by atoms with van der Waals surface area (Å²) in [6.45, 7) is 0. The van der Waals surface area contributed by atoms with E-state index in [1.165, 1.54) is 14.2 Å². The zero-order chi connectivity index (χ0) is 15.2. The molecule has 0 spiro atoms. The molecule has 21 heavy (non-hydrogen) atoms. The average molecular weight is 286 g/mol. The molecule has 108 valence electrons. The predicted octanol–water partition coefficient (Wildman–Crippen LogP) is 2.45. The van der Waals surface area contributed by atoms with Gasteiger partial charge in [0.05, 0.1) is 20.3 Å². The first-order chi connectivity index (χ1) is 10.2. The van der Waals surface area contributed by atoms with Crippen molar-refractivity contribution in [2.75, 3.05) is 14.2 Å². The van der Waals surface area contributed by atoms with Crippen LogP contribution in [0.15, 0.2) is 54.3 Å². The van der Waals surface area contributed by atoms with E-state index in [0.717, 1.165) is 16.8 Å². The third-order valence-electron chi connectivity index (χ3n) is 2.81. The van der Waals surface area contributed by atoms with Gasteiger partial charge in [-0.2, -0.15) is 0 Å². The highest BCUT2D eigenvalue weighted by Gasteiger charge is 2.16. The number of esters is 2. The Morgan fingerprint density at radius 3 is 2.38 bits per heavy atom. The van der Waals surface area contributed by atoms with E-state index >= 15 is 0 Å². The summed E-state index contributed by atoms with van der Waals surface area (Å²) in [5.41, 5.74) is 0. The molecule has 0 N–H and O–H groups in total. The predicted molar refractivity (Wildman–Crippen MR) is 76.7 cm³/mol. The minimum absolute atomic E-state index is 0.235. The molecule has 0 saturated heterocycles. The summed E-state index contributed by atoms with van der Waals surface area (Å²) in [5, 5.41) is 1.77. The molecule has 5 heteroatoms. The maximum atomic E-state index is 11.7. The highest BCUT2D eigenvalue weighted by molar-refractivity contribution is 5.96. The minimum Gasteiger partial charge on any atom is -0.466 e. The van der Waals surface area contributed by atoms with Gasteiger partial charge in [0.1, 0.15) is 5.75 Å². The van der Waals surface area contributed by atoms with Gasteiger partial charge in [-0.05, 0) is 11.5 Å². The van der Waals surface area contributed by atoms with Gasteiger partial charge in [0.25, 0.3) is 0 Å². The molecule has 0 heterocycles. The van der Waals surface area contributed by atoms with Crippen LogP contribution in [0.2, 0.25) is 0 Å². The smallest absolute Gasteiger partial charge is 0.374 e. The molecule has 0 unspecified atom stereocenters. The number of carbonyl (C=O) groups is 2. The summed E-state index contributed by atoms with van der Waals surface area (Å²) in [7, 11) is 2.42. The maximum absolute atomic E-state index is 11.7. The fourth-order valence-corrected chi connectivity index (χ4v) is 1.80. The molecule has 0 radical (unpaired) electrons. The first-order valence-corrected chi connectivity index (χ1v) is 6.19. The molecule has 0 saturated carbocycles. The second-order valence-electron chi connectivity index (χ2n) is 4.10. The van der Waals surface area contributed by atoms with Crippen LogP contribution in [0.25, 0.3) is 10.8 Å². The van der Waals surface area contributed by atoms with E-state index in [2.05, 4.69) is 9.47 Å². The van der Waals surface area contributed by atoms with Crippen molar-refractivity contribution in [2.45, 2.75) is 0 Å². The molecule has 2 aromatic carbocycles. The first-order valence-electron chi connectivity index (χ1n) is 6.19. The van der Waals surface area contributed by atoms with E-state index in [4.69, 9.17) is 4.74 Å². The lowest BCUT2D eigenvalue weighted by Crippen LogP contribution is -2.13. The summed E-state index contributed by atoms with van der Waals surface area (Å²) in [5.74, 6) is -1.24. The van der Waals surface area contributed by atoms with E-state index < -0.39 is 11.9 Å². The fourth-order valence-electron chi connectivity index (χ4n) is 1.80. The Balaban J connectivity index is 2.41. The van der Waals surface area contributed by atoms with Crippen molar-refractivity contribution in [3.8, 4) is 5.75 Å². The Labute approximate surface area is 121 Å². The Hall–Kier alpha value is -2.82. The van der Waals surface area contributed by atoms with Gasteiger partial charge in [-0.25, -0.2) is 9.59 Å².